The molecule has 8 nitrogen and oxygen atoms in total. The molecule has 0 unspecified atom stereocenters. The standard InChI is InChI=1S/C24H25N5O3S/c1-32-18-11-9-17(10-12-18)27-24-26-15-13-22(28-24)21-16-29(23-20(21)8-5-14-25-23)33(30,31)19-6-3-2-4-7-19/h2-8,13-18H,9-12H2,1H3,(H,26,27,28). The minimum atomic E-state index is -3.81. The molecule has 9 heteroatoms. The molecular weight excluding hydrogens is 438 g/mol. The second-order valence-corrected chi connectivity index (χ2v) is 9.97. The lowest BCUT2D eigenvalue weighted by molar-refractivity contribution is 0.0681. The van der Waals surface area contributed by atoms with E-state index in [1.165, 1.54) is 3.97 Å². The SMILES string of the molecule is COC1CCC(Nc2nccc(-c3cn(S(=O)(=O)c4ccccc4)c4ncccc34)n2)CC1. The van der Waals surface area contributed by atoms with Gasteiger partial charge in [0, 0.05) is 42.7 Å². The molecule has 1 aliphatic rings. The van der Waals surface area contributed by atoms with Crippen LogP contribution in [0.5, 0.6) is 0 Å². The Morgan fingerprint density at radius 2 is 1.76 bits per heavy atom. The molecule has 0 amide bonds. The van der Waals surface area contributed by atoms with Crippen LogP contribution in [0.2, 0.25) is 0 Å². The monoisotopic (exact) mass is 463 g/mol. The van der Waals surface area contributed by atoms with Gasteiger partial charge in [-0.05, 0) is 56.0 Å². The van der Waals surface area contributed by atoms with Gasteiger partial charge in [-0.3, -0.25) is 0 Å². The zero-order valence-corrected chi connectivity index (χ0v) is 19.1. The van der Waals surface area contributed by atoms with Crippen molar-refractivity contribution >= 4 is 27.0 Å². The molecule has 0 aliphatic heterocycles. The molecule has 1 saturated carbocycles. The first kappa shape index (κ1) is 21.5. The maximum Gasteiger partial charge on any atom is 0.269 e. The van der Waals surface area contributed by atoms with Gasteiger partial charge >= 0.3 is 0 Å². The summed E-state index contributed by atoms with van der Waals surface area (Å²) in [5, 5.41) is 4.14. The average Bonchev–Trinajstić information content (AvgIpc) is 3.26. The van der Waals surface area contributed by atoms with Crippen molar-refractivity contribution in [3.8, 4) is 11.3 Å². The van der Waals surface area contributed by atoms with Crippen LogP contribution in [0.1, 0.15) is 25.7 Å². The number of hydrogen-bond donors (Lipinski definition) is 1. The third-order valence-corrected chi connectivity index (χ3v) is 7.77. The van der Waals surface area contributed by atoms with E-state index in [9.17, 15) is 8.42 Å². The Kier molecular flexibility index (Phi) is 5.82. The molecule has 3 heterocycles. The molecule has 0 bridgehead atoms. The zero-order valence-electron chi connectivity index (χ0n) is 18.3. The van der Waals surface area contributed by atoms with E-state index >= 15 is 0 Å². The van der Waals surface area contributed by atoms with Gasteiger partial charge in [-0.1, -0.05) is 18.2 Å². The second-order valence-electron chi connectivity index (χ2n) is 8.15. The fourth-order valence-electron chi connectivity index (χ4n) is 4.33. The molecular formula is C24H25N5O3S. The maximum atomic E-state index is 13.3. The van der Waals surface area contributed by atoms with Gasteiger partial charge in [-0.25, -0.2) is 27.3 Å². The lowest BCUT2D eigenvalue weighted by Crippen LogP contribution is -2.29. The smallest absolute Gasteiger partial charge is 0.269 e. The Labute approximate surface area is 192 Å². The molecule has 33 heavy (non-hydrogen) atoms. The van der Waals surface area contributed by atoms with Gasteiger partial charge in [-0.2, -0.15) is 0 Å². The van der Waals surface area contributed by atoms with Gasteiger partial charge in [0.1, 0.15) is 0 Å². The van der Waals surface area contributed by atoms with E-state index in [2.05, 4.69) is 15.3 Å². The van der Waals surface area contributed by atoms with Crippen molar-refractivity contribution in [2.45, 2.75) is 42.7 Å². The summed E-state index contributed by atoms with van der Waals surface area (Å²) in [5.41, 5.74) is 1.69. The van der Waals surface area contributed by atoms with E-state index in [-0.39, 0.29) is 10.9 Å². The summed E-state index contributed by atoms with van der Waals surface area (Å²) in [6.07, 6.45) is 9.18. The lowest BCUT2D eigenvalue weighted by Gasteiger charge is -2.28. The topological polar surface area (TPSA) is 99.0 Å². The molecule has 0 radical (unpaired) electrons. The lowest BCUT2D eigenvalue weighted by atomic mass is 9.93. The van der Waals surface area contributed by atoms with Crippen LogP contribution < -0.4 is 5.32 Å². The van der Waals surface area contributed by atoms with Crippen LogP contribution in [0, 0.1) is 0 Å². The number of nitrogens with zero attached hydrogens (tertiary/aromatic N) is 4. The maximum absolute atomic E-state index is 13.3. The van der Waals surface area contributed by atoms with Crippen molar-refractivity contribution in [2.75, 3.05) is 12.4 Å². The van der Waals surface area contributed by atoms with Gasteiger partial charge in [-0.15, -0.1) is 0 Å². The normalized spacial score (nSPS) is 18.9. The Hall–Kier alpha value is -3.30. The highest BCUT2D eigenvalue weighted by Crippen LogP contribution is 2.31. The van der Waals surface area contributed by atoms with E-state index in [1.807, 2.05) is 6.07 Å². The Morgan fingerprint density at radius 1 is 0.970 bits per heavy atom. The summed E-state index contributed by atoms with van der Waals surface area (Å²) in [6, 6.07) is 14.1. The van der Waals surface area contributed by atoms with Crippen molar-refractivity contribution in [3.05, 3.63) is 67.1 Å². The first-order valence-corrected chi connectivity index (χ1v) is 12.4. The minimum Gasteiger partial charge on any atom is -0.381 e. The number of nitrogens with one attached hydrogen (secondary N) is 1. The molecule has 1 N–H and O–H groups in total. The summed E-state index contributed by atoms with van der Waals surface area (Å²) in [4.78, 5) is 13.7. The van der Waals surface area contributed by atoms with Crippen LogP contribution in [0.3, 0.4) is 0 Å². The minimum absolute atomic E-state index is 0.204. The third kappa shape index (κ3) is 4.21. The van der Waals surface area contributed by atoms with Crippen molar-refractivity contribution in [1.29, 1.82) is 0 Å². The molecule has 1 fully saturated rings. The number of benzene rings is 1. The van der Waals surface area contributed by atoms with E-state index in [0.717, 1.165) is 25.7 Å². The first-order chi connectivity index (χ1) is 16.1. The van der Waals surface area contributed by atoms with Crippen LogP contribution >= 0.6 is 0 Å². The van der Waals surface area contributed by atoms with Crippen LogP contribution in [0.15, 0.2) is 72.0 Å². The van der Waals surface area contributed by atoms with E-state index in [4.69, 9.17) is 9.72 Å². The highest BCUT2D eigenvalue weighted by molar-refractivity contribution is 7.90. The number of methoxy groups -OCH3 is 1. The largest absolute Gasteiger partial charge is 0.381 e. The van der Waals surface area contributed by atoms with Crippen molar-refractivity contribution in [1.82, 2.24) is 18.9 Å². The first-order valence-electron chi connectivity index (χ1n) is 11.0. The molecule has 1 aromatic carbocycles. The Morgan fingerprint density at radius 3 is 2.52 bits per heavy atom. The fraction of sp³-hybridized carbons (Fsp3) is 0.292. The molecule has 3 aromatic heterocycles. The Balaban J connectivity index is 1.51. The van der Waals surface area contributed by atoms with Crippen LogP contribution in [-0.4, -0.2) is 46.6 Å². The molecule has 4 aromatic rings. The molecule has 170 valence electrons. The number of fused-ring (bicyclic) bond motifs is 1. The number of rotatable bonds is 6. The molecule has 5 rings (SSSR count). The van der Waals surface area contributed by atoms with Gasteiger partial charge in [0.15, 0.2) is 5.65 Å². The number of pyridine rings is 1. The molecule has 0 spiro atoms. The van der Waals surface area contributed by atoms with E-state index in [1.54, 1.807) is 68.2 Å². The summed E-state index contributed by atoms with van der Waals surface area (Å²) >= 11 is 0. The quantitative estimate of drug-likeness (QED) is 0.460. The second kappa shape index (κ2) is 8.92. The predicted octanol–water partition coefficient (Wildman–Crippen LogP) is 4.10. The summed E-state index contributed by atoms with van der Waals surface area (Å²) in [7, 11) is -2.05. The van der Waals surface area contributed by atoms with Gasteiger partial charge in [0.05, 0.1) is 16.7 Å². The zero-order chi connectivity index (χ0) is 22.8. The van der Waals surface area contributed by atoms with E-state index in [0.29, 0.717) is 34.3 Å². The average molecular weight is 464 g/mol. The molecule has 1 aliphatic carbocycles. The predicted molar refractivity (Wildman–Crippen MR) is 126 cm³/mol. The highest BCUT2D eigenvalue weighted by atomic mass is 32.2. The van der Waals surface area contributed by atoms with E-state index < -0.39 is 10.0 Å². The van der Waals surface area contributed by atoms with Crippen molar-refractivity contribution < 1.29 is 13.2 Å². The summed E-state index contributed by atoms with van der Waals surface area (Å²) in [6.45, 7) is 0. The summed E-state index contributed by atoms with van der Waals surface area (Å²) in [5.74, 6) is 0.532. The van der Waals surface area contributed by atoms with Crippen LogP contribution in [-0.2, 0) is 14.8 Å². The van der Waals surface area contributed by atoms with Crippen LogP contribution in [0.4, 0.5) is 5.95 Å². The third-order valence-electron chi connectivity index (χ3n) is 6.10. The number of anilines is 1. The fourth-order valence-corrected chi connectivity index (χ4v) is 5.67. The number of aromatic nitrogens is 4. The Bertz CT molecular complexity index is 1360. The molecule has 0 atom stereocenters. The summed E-state index contributed by atoms with van der Waals surface area (Å²) < 4.78 is 33.4. The van der Waals surface area contributed by atoms with Crippen LogP contribution in [0.25, 0.3) is 22.3 Å². The highest BCUT2D eigenvalue weighted by Gasteiger charge is 2.24. The van der Waals surface area contributed by atoms with Gasteiger partial charge in [0.25, 0.3) is 10.0 Å². The van der Waals surface area contributed by atoms with Gasteiger partial charge < -0.3 is 10.1 Å². The van der Waals surface area contributed by atoms with Gasteiger partial charge in [0.2, 0.25) is 5.95 Å². The molecule has 0 saturated heterocycles. The number of hydrogen-bond acceptors (Lipinski definition) is 7. The number of ether oxygens (including phenoxy) is 1. The van der Waals surface area contributed by atoms with Crippen molar-refractivity contribution in [3.63, 3.8) is 0 Å². The van der Waals surface area contributed by atoms with Crippen molar-refractivity contribution in [2.24, 2.45) is 0 Å².